The average molecular weight is 576 g/mol. The molecule has 0 radical (unpaired) electrons. The van der Waals surface area contributed by atoms with Gasteiger partial charge >= 0.3 is 5.97 Å². The zero-order chi connectivity index (χ0) is 29.1. The predicted molar refractivity (Wildman–Crippen MR) is 155 cm³/mol. The van der Waals surface area contributed by atoms with Crippen LogP contribution in [0, 0.1) is 0 Å². The third kappa shape index (κ3) is 5.46. The highest BCUT2D eigenvalue weighted by atomic mass is 35.5. The monoisotopic (exact) mass is 575 g/mol. The van der Waals surface area contributed by atoms with E-state index in [0.717, 1.165) is 5.39 Å². The summed E-state index contributed by atoms with van der Waals surface area (Å²) in [5.74, 6) is 1.06. The van der Waals surface area contributed by atoms with Crippen LogP contribution in [0.3, 0.4) is 0 Å². The van der Waals surface area contributed by atoms with Crippen molar-refractivity contribution < 1.29 is 28.2 Å². The number of rotatable bonds is 9. The molecule has 0 aliphatic rings. The number of hydrogen-bond donors (Lipinski definition) is 0. The molecular formula is C30H26ClN3O7. The van der Waals surface area contributed by atoms with E-state index in [4.69, 9.17) is 39.9 Å². The molecule has 0 spiro atoms. The van der Waals surface area contributed by atoms with E-state index in [9.17, 15) is 9.59 Å². The average Bonchev–Trinajstić information content (AvgIpc) is 3.42. The molecule has 0 saturated carbocycles. The van der Waals surface area contributed by atoms with Crippen molar-refractivity contribution in [2.24, 2.45) is 5.10 Å². The van der Waals surface area contributed by atoms with Gasteiger partial charge in [-0.25, -0.2) is 9.78 Å². The van der Waals surface area contributed by atoms with E-state index in [2.05, 4.69) is 5.10 Å². The summed E-state index contributed by atoms with van der Waals surface area (Å²) >= 11 is 6.50. The van der Waals surface area contributed by atoms with Crippen molar-refractivity contribution in [1.29, 1.82) is 0 Å². The number of esters is 1. The SMILES string of the molecule is CCOC(=O)[C@H](C)Oc1c(Cl)cc(C=Nn2c(-c3cc4c(OC)cccc4o3)nc3ccccc3c2=O)cc1OC. The van der Waals surface area contributed by atoms with Crippen LogP contribution >= 0.6 is 11.6 Å². The summed E-state index contributed by atoms with van der Waals surface area (Å²) in [5.41, 5.74) is 1.17. The summed E-state index contributed by atoms with van der Waals surface area (Å²) in [6.07, 6.45) is 0.533. The molecule has 210 valence electrons. The van der Waals surface area contributed by atoms with Gasteiger partial charge in [-0.15, -0.1) is 0 Å². The number of nitrogens with zero attached hydrogens (tertiary/aromatic N) is 3. The first kappa shape index (κ1) is 27.7. The van der Waals surface area contributed by atoms with Crippen LogP contribution in [0.1, 0.15) is 19.4 Å². The third-order valence-electron chi connectivity index (χ3n) is 6.20. The fraction of sp³-hybridized carbons (Fsp3) is 0.200. The van der Waals surface area contributed by atoms with Crippen molar-refractivity contribution in [2.45, 2.75) is 20.0 Å². The molecule has 10 nitrogen and oxygen atoms in total. The number of benzene rings is 3. The number of furan rings is 1. The first-order valence-corrected chi connectivity index (χ1v) is 13.1. The molecule has 0 aliphatic carbocycles. The third-order valence-corrected chi connectivity index (χ3v) is 6.48. The molecule has 5 rings (SSSR count). The smallest absolute Gasteiger partial charge is 0.347 e. The van der Waals surface area contributed by atoms with Crippen LogP contribution in [0.25, 0.3) is 33.5 Å². The van der Waals surface area contributed by atoms with E-state index in [0.29, 0.717) is 33.6 Å². The first-order chi connectivity index (χ1) is 19.8. The quantitative estimate of drug-likeness (QED) is 0.163. The van der Waals surface area contributed by atoms with Gasteiger partial charge in [-0.2, -0.15) is 9.78 Å². The van der Waals surface area contributed by atoms with Gasteiger partial charge in [-0.3, -0.25) is 4.79 Å². The number of carbonyl (C=O) groups is 1. The fourth-order valence-corrected chi connectivity index (χ4v) is 4.51. The van der Waals surface area contributed by atoms with Crippen LogP contribution in [0.5, 0.6) is 17.2 Å². The van der Waals surface area contributed by atoms with Gasteiger partial charge in [0, 0.05) is 0 Å². The Morgan fingerprint density at radius 3 is 2.61 bits per heavy atom. The lowest BCUT2D eigenvalue weighted by Crippen LogP contribution is -2.26. The van der Waals surface area contributed by atoms with Crippen LogP contribution in [0.4, 0.5) is 0 Å². The lowest BCUT2D eigenvalue weighted by molar-refractivity contribution is -0.150. The van der Waals surface area contributed by atoms with Crippen molar-refractivity contribution in [3.05, 3.63) is 81.6 Å². The lowest BCUT2D eigenvalue weighted by Gasteiger charge is -2.17. The highest BCUT2D eigenvalue weighted by molar-refractivity contribution is 6.32. The Morgan fingerprint density at radius 2 is 1.85 bits per heavy atom. The molecule has 5 aromatic rings. The van der Waals surface area contributed by atoms with Crippen molar-refractivity contribution in [3.8, 4) is 28.8 Å². The lowest BCUT2D eigenvalue weighted by atomic mass is 10.2. The molecule has 0 aliphatic heterocycles. The number of carbonyl (C=O) groups excluding carboxylic acids is 1. The summed E-state index contributed by atoms with van der Waals surface area (Å²) in [6, 6.07) is 17.4. The van der Waals surface area contributed by atoms with Crippen LogP contribution in [-0.4, -0.2) is 48.8 Å². The number of ether oxygens (including phenoxy) is 4. The van der Waals surface area contributed by atoms with E-state index in [-0.39, 0.29) is 29.0 Å². The molecule has 0 bridgehead atoms. The molecular weight excluding hydrogens is 550 g/mol. The van der Waals surface area contributed by atoms with Gasteiger partial charge in [-0.1, -0.05) is 29.8 Å². The largest absolute Gasteiger partial charge is 0.496 e. The minimum atomic E-state index is -0.909. The summed E-state index contributed by atoms with van der Waals surface area (Å²) in [7, 11) is 3.02. The van der Waals surface area contributed by atoms with E-state index in [1.165, 1.54) is 18.0 Å². The van der Waals surface area contributed by atoms with Gasteiger partial charge in [0.05, 0.1) is 48.4 Å². The Bertz CT molecular complexity index is 1840. The molecule has 3 aromatic carbocycles. The van der Waals surface area contributed by atoms with Gasteiger partial charge in [-0.05, 0) is 61.9 Å². The number of methoxy groups -OCH3 is 2. The number of para-hydroxylation sites is 1. The van der Waals surface area contributed by atoms with E-state index in [1.54, 1.807) is 69.5 Å². The molecule has 2 heterocycles. The molecule has 1 atom stereocenters. The fourth-order valence-electron chi connectivity index (χ4n) is 4.25. The van der Waals surface area contributed by atoms with Crippen molar-refractivity contribution in [2.75, 3.05) is 20.8 Å². The maximum atomic E-state index is 13.6. The maximum Gasteiger partial charge on any atom is 0.347 e. The summed E-state index contributed by atoms with van der Waals surface area (Å²) < 4.78 is 28.9. The molecule has 41 heavy (non-hydrogen) atoms. The Hall–Kier alpha value is -4.83. The highest BCUT2D eigenvalue weighted by Gasteiger charge is 2.21. The summed E-state index contributed by atoms with van der Waals surface area (Å²) in [5, 5.41) is 5.76. The van der Waals surface area contributed by atoms with Crippen LogP contribution < -0.4 is 19.8 Å². The second-order valence-electron chi connectivity index (χ2n) is 8.84. The Morgan fingerprint density at radius 1 is 1.07 bits per heavy atom. The molecule has 0 fully saturated rings. The van der Waals surface area contributed by atoms with E-state index in [1.807, 2.05) is 12.1 Å². The Labute approximate surface area is 239 Å². The van der Waals surface area contributed by atoms with Gasteiger partial charge < -0.3 is 23.4 Å². The zero-order valence-electron chi connectivity index (χ0n) is 22.7. The standard InChI is InChI=1S/C30H26ClN3O7/c1-5-39-30(36)17(2)40-27-21(31)13-18(14-25(27)38-4)16-32-34-28(33-22-10-7-6-9-19(22)29(34)35)26-15-20-23(37-3)11-8-12-24(20)41-26/h6-17H,5H2,1-4H3/t17-/m0/s1. The summed E-state index contributed by atoms with van der Waals surface area (Å²) in [4.78, 5) is 30.3. The van der Waals surface area contributed by atoms with Crippen LogP contribution in [-0.2, 0) is 9.53 Å². The van der Waals surface area contributed by atoms with Gasteiger partial charge in [0.1, 0.15) is 11.3 Å². The van der Waals surface area contributed by atoms with Gasteiger partial charge in [0.2, 0.25) is 5.82 Å². The van der Waals surface area contributed by atoms with Crippen molar-refractivity contribution >= 4 is 45.7 Å². The predicted octanol–water partition coefficient (Wildman–Crippen LogP) is 5.69. The minimum Gasteiger partial charge on any atom is -0.496 e. The van der Waals surface area contributed by atoms with E-state index >= 15 is 0 Å². The number of fused-ring (bicyclic) bond motifs is 2. The molecule has 0 amide bonds. The Balaban J connectivity index is 1.59. The maximum absolute atomic E-state index is 13.6. The number of aromatic nitrogens is 2. The Kier molecular flexibility index (Phi) is 7.93. The molecule has 0 saturated heterocycles. The molecule has 2 aromatic heterocycles. The summed E-state index contributed by atoms with van der Waals surface area (Å²) in [6.45, 7) is 3.48. The van der Waals surface area contributed by atoms with Gasteiger partial charge in [0.15, 0.2) is 23.4 Å². The normalized spacial score (nSPS) is 12.1. The van der Waals surface area contributed by atoms with Crippen LogP contribution in [0.2, 0.25) is 5.02 Å². The van der Waals surface area contributed by atoms with Crippen molar-refractivity contribution in [3.63, 3.8) is 0 Å². The topological polar surface area (TPSA) is 114 Å². The zero-order valence-corrected chi connectivity index (χ0v) is 23.5. The number of halogens is 1. The molecule has 11 heteroatoms. The highest BCUT2D eigenvalue weighted by Crippen LogP contribution is 2.37. The second kappa shape index (κ2) is 11.7. The molecule has 0 N–H and O–H groups in total. The van der Waals surface area contributed by atoms with Gasteiger partial charge in [0.25, 0.3) is 5.56 Å². The second-order valence-corrected chi connectivity index (χ2v) is 9.25. The van der Waals surface area contributed by atoms with Crippen molar-refractivity contribution in [1.82, 2.24) is 9.66 Å². The first-order valence-electron chi connectivity index (χ1n) is 12.7. The minimum absolute atomic E-state index is 0.174. The number of hydrogen-bond acceptors (Lipinski definition) is 9. The van der Waals surface area contributed by atoms with E-state index < -0.39 is 17.6 Å². The molecule has 0 unspecified atom stereocenters. The van der Waals surface area contributed by atoms with Crippen LogP contribution in [0.15, 0.2) is 75.0 Å².